The first-order valence-electron chi connectivity index (χ1n) is 14.4. The van der Waals surface area contributed by atoms with E-state index in [1.54, 1.807) is 14.7 Å². The van der Waals surface area contributed by atoms with Gasteiger partial charge in [0, 0.05) is 26.1 Å². The van der Waals surface area contributed by atoms with Gasteiger partial charge >= 0.3 is 6.03 Å². The van der Waals surface area contributed by atoms with Crippen LogP contribution < -0.4 is 10.1 Å². The molecule has 1 saturated heterocycles. The van der Waals surface area contributed by atoms with Gasteiger partial charge in [-0.2, -0.15) is 0 Å². The van der Waals surface area contributed by atoms with Gasteiger partial charge in [0.25, 0.3) is 5.91 Å². The summed E-state index contributed by atoms with van der Waals surface area (Å²) in [5, 5.41) is 3.04. The number of rotatable bonds is 8. The van der Waals surface area contributed by atoms with Crippen molar-refractivity contribution in [3.05, 3.63) is 107 Å². The average Bonchev–Trinajstić information content (AvgIpc) is 3.37. The van der Waals surface area contributed by atoms with Crippen LogP contribution in [0.2, 0.25) is 0 Å². The van der Waals surface area contributed by atoms with E-state index in [0.29, 0.717) is 62.0 Å². The number of carbonyl (C=O) groups excluding carboxylic acids is 3. The third kappa shape index (κ3) is 5.47. The van der Waals surface area contributed by atoms with Crippen LogP contribution in [0.1, 0.15) is 24.1 Å². The van der Waals surface area contributed by atoms with E-state index < -0.39 is 12.1 Å². The van der Waals surface area contributed by atoms with Gasteiger partial charge in [-0.1, -0.05) is 60.7 Å². The molecule has 0 spiro atoms. The molecule has 3 aromatic rings. The number of benzene rings is 3. The summed E-state index contributed by atoms with van der Waals surface area (Å²) in [6, 6.07) is 24.9. The lowest BCUT2D eigenvalue weighted by atomic mass is 9.95. The number of para-hydroxylation sites is 1. The van der Waals surface area contributed by atoms with Crippen LogP contribution in [0.5, 0.6) is 11.5 Å². The number of urea groups is 1. The fourth-order valence-corrected chi connectivity index (χ4v) is 5.89. The molecule has 3 aromatic carbocycles. The summed E-state index contributed by atoms with van der Waals surface area (Å²) in [6.07, 6.45) is 0.377. The molecule has 3 heterocycles. The number of ether oxygens (including phenoxy) is 2. The molecule has 3 aliphatic heterocycles. The van der Waals surface area contributed by atoms with Crippen molar-refractivity contribution in [2.24, 2.45) is 0 Å². The second-order valence-electron chi connectivity index (χ2n) is 10.6. The quantitative estimate of drug-likeness (QED) is 0.443. The first kappa shape index (κ1) is 27.5. The highest BCUT2D eigenvalue weighted by Crippen LogP contribution is 2.38. The lowest BCUT2D eigenvalue weighted by molar-refractivity contribution is -0.145. The van der Waals surface area contributed by atoms with Crippen LogP contribution in [0.15, 0.2) is 96.2 Å². The highest BCUT2D eigenvalue weighted by molar-refractivity contribution is 6.03. The van der Waals surface area contributed by atoms with Crippen LogP contribution in [-0.2, 0) is 20.7 Å². The molecule has 1 N–H and O–H groups in total. The Hall–Kier alpha value is -4.63. The summed E-state index contributed by atoms with van der Waals surface area (Å²) in [5.74, 6) is 0.936. The zero-order valence-corrected chi connectivity index (χ0v) is 23.6. The summed E-state index contributed by atoms with van der Waals surface area (Å²) in [5.41, 5.74) is 2.82. The molecular formula is C33H34N4O5. The van der Waals surface area contributed by atoms with Gasteiger partial charge in [-0.15, -0.1) is 0 Å². The lowest BCUT2D eigenvalue weighted by Crippen LogP contribution is -2.53. The zero-order chi connectivity index (χ0) is 29.1. The molecule has 4 amide bonds. The minimum Gasteiger partial charge on any atom is -0.457 e. The van der Waals surface area contributed by atoms with Crippen LogP contribution in [0.4, 0.5) is 4.79 Å². The molecule has 42 heavy (non-hydrogen) atoms. The Morgan fingerprint density at radius 1 is 0.952 bits per heavy atom. The Kier molecular flexibility index (Phi) is 7.92. The highest BCUT2D eigenvalue weighted by atomic mass is 16.5. The second kappa shape index (κ2) is 12.1. The maximum Gasteiger partial charge on any atom is 0.322 e. The van der Waals surface area contributed by atoms with Gasteiger partial charge in [0.05, 0.1) is 37.1 Å². The Bertz CT molecular complexity index is 1490. The summed E-state index contributed by atoms with van der Waals surface area (Å²) < 4.78 is 11.5. The molecule has 0 radical (unpaired) electrons. The van der Waals surface area contributed by atoms with Crippen molar-refractivity contribution in [3.63, 3.8) is 0 Å². The van der Waals surface area contributed by atoms with Gasteiger partial charge in [0.15, 0.2) is 0 Å². The van der Waals surface area contributed by atoms with Gasteiger partial charge in [0.2, 0.25) is 5.91 Å². The molecule has 2 unspecified atom stereocenters. The topological polar surface area (TPSA) is 91.4 Å². The number of hydrogen-bond acceptors (Lipinski definition) is 5. The number of carbonyl (C=O) groups is 3. The summed E-state index contributed by atoms with van der Waals surface area (Å²) in [6.45, 7) is 4.37. The normalized spacial score (nSPS) is 19.5. The Balaban J connectivity index is 1.34. The molecule has 0 aromatic heterocycles. The van der Waals surface area contributed by atoms with Crippen molar-refractivity contribution >= 4 is 17.8 Å². The van der Waals surface area contributed by atoms with E-state index >= 15 is 0 Å². The van der Waals surface area contributed by atoms with Crippen molar-refractivity contribution in [2.45, 2.75) is 25.4 Å². The standard InChI is InChI=1S/C33H34N4O5/c1-2-36-28-22-37(27(20-23-10-5-3-6-11-23)31(38)35-16-18-41-19-17-35)32(39)29(28)30(34-33(36)40)24-12-9-15-26(21-24)42-25-13-7-4-8-14-25/h3-15,21,27,30H,2,16-20,22H2,1H3,(H,34,40). The molecule has 0 bridgehead atoms. The maximum atomic E-state index is 14.3. The van der Waals surface area contributed by atoms with Gasteiger partial charge in [-0.05, 0) is 42.3 Å². The molecule has 1 fully saturated rings. The zero-order valence-electron chi connectivity index (χ0n) is 23.6. The van der Waals surface area contributed by atoms with Gasteiger partial charge < -0.3 is 24.6 Å². The molecule has 9 heteroatoms. The van der Waals surface area contributed by atoms with E-state index in [4.69, 9.17) is 9.47 Å². The SMILES string of the molecule is CCN1C(=O)NC(c2cccc(Oc3ccccc3)c2)C2=C1CN(C(Cc1ccccc1)C(=O)N1CCOCC1)C2=O. The number of amides is 4. The largest absolute Gasteiger partial charge is 0.457 e. The summed E-state index contributed by atoms with van der Waals surface area (Å²) in [4.78, 5) is 46.7. The molecule has 0 aliphatic carbocycles. The monoisotopic (exact) mass is 566 g/mol. The minimum atomic E-state index is -0.717. The third-order valence-corrected chi connectivity index (χ3v) is 7.99. The van der Waals surface area contributed by atoms with E-state index in [1.807, 2.05) is 91.9 Å². The number of nitrogens with one attached hydrogen (secondary N) is 1. The van der Waals surface area contributed by atoms with Gasteiger partial charge in [-0.25, -0.2) is 4.79 Å². The van der Waals surface area contributed by atoms with Crippen molar-refractivity contribution < 1.29 is 23.9 Å². The maximum absolute atomic E-state index is 14.3. The number of morpholine rings is 1. The van der Waals surface area contributed by atoms with Crippen LogP contribution in [0.3, 0.4) is 0 Å². The first-order valence-corrected chi connectivity index (χ1v) is 14.4. The first-order chi connectivity index (χ1) is 20.5. The Morgan fingerprint density at radius 2 is 1.64 bits per heavy atom. The Labute approximate surface area is 245 Å². The minimum absolute atomic E-state index is 0.104. The van der Waals surface area contributed by atoms with Gasteiger partial charge in [0.1, 0.15) is 17.5 Å². The van der Waals surface area contributed by atoms with Crippen molar-refractivity contribution in [1.29, 1.82) is 0 Å². The molecule has 3 aliphatic rings. The smallest absolute Gasteiger partial charge is 0.322 e. The predicted octanol–water partition coefficient (Wildman–Crippen LogP) is 4.13. The number of nitrogens with zero attached hydrogens (tertiary/aromatic N) is 3. The molecule has 0 saturated carbocycles. The summed E-state index contributed by atoms with van der Waals surface area (Å²) >= 11 is 0. The molecular weight excluding hydrogens is 532 g/mol. The molecule has 6 rings (SSSR count). The summed E-state index contributed by atoms with van der Waals surface area (Å²) in [7, 11) is 0. The van der Waals surface area contributed by atoms with E-state index in [9.17, 15) is 14.4 Å². The van der Waals surface area contributed by atoms with Crippen LogP contribution >= 0.6 is 0 Å². The van der Waals surface area contributed by atoms with E-state index in [1.165, 1.54) is 0 Å². The number of hydrogen-bond donors (Lipinski definition) is 1. The second-order valence-corrected chi connectivity index (χ2v) is 10.6. The fourth-order valence-electron chi connectivity index (χ4n) is 5.89. The van der Waals surface area contributed by atoms with Crippen molar-refractivity contribution in [1.82, 2.24) is 20.0 Å². The third-order valence-electron chi connectivity index (χ3n) is 7.99. The number of likely N-dealkylation sites (N-methyl/N-ethyl adjacent to an activating group) is 1. The van der Waals surface area contributed by atoms with Crippen molar-refractivity contribution in [3.8, 4) is 11.5 Å². The van der Waals surface area contributed by atoms with E-state index in [-0.39, 0.29) is 24.4 Å². The van der Waals surface area contributed by atoms with Crippen LogP contribution in [0.25, 0.3) is 0 Å². The highest BCUT2D eigenvalue weighted by Gasteiger charge is 2.47. The van der Waals surface area contributed by atoms with Gasteiger partial charge in [-0.3, -0.25) is 14.5 Å². The Morgan fingerprint density at radius 3 is 2.36 bits per heavy atom. The van der Waals surface area contributed by atoms with Crippen molar-refractivity contribution in [2.75, 3.05) is 39.4 Å². The predicted molar refractivity (Wildman–Crippen MR) is 157 cm³/mol. The van der Waals surface area contributed by atoms with E-state index in [0.717, 1.165) is 11.1 Å². The van der Waals surface area contributed by atoms with E-state index in [2.05, 4.69) is 5.32 Å². The molecule has 2 atom stereocenters. The molecule has 9 nitrogen and oxygen atoms in total. The average molecular weight is 567 g/mol. The molecule has 216 valence electrons. The lowest BCUT2D eigenvalue weighted by Gasteiger charge is -2.35. The van der Waals surface area contributed by atoms with Crippen LogP contribution in [-0.4, -0.2) is 78.0 Å². The van der Waals surface area contributed by atoms with Crippen LogP contribution in [0, 0.1) is 0 Å². The fraction of sp³-hybridized carbons (Fsp3) is 0.303.